The molecule has 17 heavy (non-hydrogen) atoms. The van der Waals surface area contributed by atoms with Gasteiger partial charge in [-0.25, -0.2) is 0 Å². The normalized spacial score (nSPS) is 10.8. The summed E-state index contributed by atoms with van der Waals surface area (Å²) in [5.74, 6) is 0.911. The highest BCUT2D eigenvalue weighted by atomic mass is 79.9. The van der Waals surface area contributed by atoms with Crippen molar-refractivity contribution in [3.63, 3.8) is 0 Å². The molecule has 0 unspecified atom stereocenters. The van der Waals surface area contributed by atoms with Crippen LogP contribution in [-0.2, 0) is 19.2 Å². The smallest absolute Gasteiger partial charge is 0.0767 e. The van der Waals surface area contributed by atoms with E-state index in [1.165, 1.54) is 10.6 Å². The predicted molar refractivity (Wildman–Crippen MR) is 74.1 cm³/mol. The van der Waals surface area contributed by atoms with E-state index in [1.54, 1.807) is 11.8 Å². The van der Waals surface area contributed by atoms with E-state index in [1.807, 2.05) is 36.3 Å². The van der Waals surface area contributed by atoms with Gasteiger partial charge in [0.1, 0.15) is 0 Å². The quantitative estimate of drug-likeness (QED) is 0.810. The van der Waals surface area contributed by atoms with Crippen LogP contribution in [0.3, 0.4) is 0 Å². The summed E-state index contributed by atoms with van der Waals surface area (Å²) in [6.45, 7) is 2.12. The van der Waals surface area contributed by atoms with E-state index < -0.39 is 0 Å². The van der Waals surface area contributed by atoms with Crippen LogP contribution in [0.2, 0.25) is 0 Å². The third-order valence-electron chi connectivity index (χ3n) is 2.53. The molecule has 0 aliphatic heterocycles. The molecular weight excluding hydrogens is 298 g/mol. The molecule has 2 heterocycles. The molecule has 0 aliphatic rings. The van der Waals surface area contributed by atoms with Crippen molar-refractivity contribution >= 4 is 27.7 Å². The van der Waals surface area contributed by atoms with E-state index in [0.717, 1.165) is 22.3 Å². The number of nitrogens with zero attached hydrogens (tertiary/aromatic N) is 3. The molecule has 2 aromatic rings. The fraction of sp³-hybridized carbons (Fsp3) is 0.333. The SMILES string of the molecule is CCc1nn(C)c(CSc2ccncc2)c1Br. The van der Waals surface area contributed by atoms with Crippen LogP contribution in [0.25, 0.3) is 0 Å². The third kappa shape index (κ3) is 2.90. The van der Waals surface area contributed by atoms with Crippen molar-refractivity contribution in [1.29, 1.82) is 0 Å². The second-order valence-electron chi connectivity index (χ2n) is 3.66. The number of thioether (sulfide) groups is 1. The van der Waals surface area contributed by atoms with Crippen LogP contribution in [0, 0.1) is 0 Å². The molecule has 0 saturated heterocycles. The zero-order chi connectivity index (χ0) is 12.3. The van der Waals surface area contributed by atoms with Gasteiger partial charge in [0, 0.05) is 30.1 Å². The molecule has 0 aromatic carbocycles. The van der Waals surface area contributed by atoms with Crippen molar-refractivity contribution in [2.45, 2.75) is 24.0 Å². The molecule has 0 radical (unpaired) electrons. The summed E-state index contributed by atoms with van der Waals surface area (Å²) in [7, 11) is 1.99. The van der Waals surface area contributed by atoms with Gasteiger partial charge in [0.2, 0.25) is 0 Å². The molecule has 0 N–H and O–H groups in total. The second-order valence-corrected chi connectivity index (χ2v) is 5.50. The van der Waals surface area contributed by atoms with E-state index in [0.29, 0.717) is 0 Å². The molecule has 2 aromatic heterocycles. The lowest BCUT2D eigenvalue weighted by molar-refractivity contribution is 0.719. The zero-order valence-electron chi connectivity index (χ0n) is 9.85. The Labute approximate surface area is 114 Å². The molecule has 0 spiro atoms. The minimum atomic E-state index is 0.911. The number of rotatable bonds is 4. The van der Waals surface area contributed by atoms with Crippen molar-refractivity contribution in [2.24, 2.45) is 7.05 Å². The minimum absolute atomic E-state index is 0.911. The van der Waals surface area contributed by atoms with Gasteiger partial charge in [-0.3, -0.25) is 9.67 Å². The van der Waals surface area contributed by atoms with Crippen LogP contribution in [0.1, 0.15) is 18.3 Å². The fourth-order valence-corrected chi connectivity index (χ4v) is 3.45. The molecule has 0 saturated carbocycles. The Bertz CT molecular complexity index is 496. The Morgan fingerprint density at radius 1 is 1.35 bits per heavy atom. The molecular formula is C12H14BrN3S. The Kier molecular flexibility index (Phi) is 4.23. The fourth-order valence-electron chi connectivity index (χ4n) is 1.56. The van der Waals surface area contributed by atoms with Crippen molar-refractivity contribution in [2.75, 3.05) is 0 Å². The summed E-state index contributed by atoms with van der Waals surface area (Å²) in [5, 5.41) is 4.49. The van der Waals surface area contributed by atoms with Crippen molar-refractivity contribution < 1.29 is 0 Å². The van der Waals surface area contributed by atoms with Gasteiger partial charge in [0.15, 0.2) is 0 Å². The van der Waals surface area contributed by atoms with Gasteiger partial charge >= 0.3 is 0 Å². The maximum Gasteiger partial charge on any atom is 0.0767 e. The van der Waals surface area contributed by atoms with Gasteiger partial charge in [-0.15, -0.1) is 11.8 Å². The lowest BCUT2D eigenvalue weighted by Crippen LogP contribution is -1.96. The second kappa shape index (κ2) is 5.69. The molecule has 0 amide bonds. The summed E-state index contributed by atoms with van der Waals surface area (Å²) in [5.41, 5.74) is 2.35. The summed E-state index contributed by atoms with van der Waals surface area (Å²) in [6.07, 6.45) is 4.59. The summed E-state index contributed by atoms with van der Waals surface area (Å²) >= 11 is 5.42. The van der Waals surface area contributed by atoms with E-state index in [4.69, 9.17) is 0 Å². The van der Waals surface area contributed by atoms with Crippen molar-refractivity contribution in [1.82, 2.24) is 14.8 Å². The Hall–Kier alpha value is -0.810. The van der Waals surface area contributed by atoms with Gasteiger partial charge in [-0.05, 0) is 34.5 Å². The number of halogens is 1. The molecule has 0 atom stereocenters. The first-order valence-corrected chi connectivity index (χ1v) is 7.23. The Morgan fingerprint density at radius 2 is 2.06 bits per heavy atom. The van der Waals surface area contributed by atoms with E-state index >= 15 is 0 Å². The summed E-state index contributed by atoms with van der Waals surface area (Å²) in [6, 6.07) is 4.05. The largest absolute Gasteiger partial charge is 0.270 e. The van der Waals surface area contributed by atoms with Crippen LogP contribution in [0.15, 0.2) is 33.9 Å². The molecule has 2 rings (SSSR count). The van der Waals surface area contributed by atoms with Gasteiger partial charge in [0.05, 0.1) is 15.9 Å². The molecule has 5 heteroatoms. The highest BCUT2D eigenvalue weighted by Gasteiger charge is 2.12. The van der Waals surface area contributed by atoms with E-state index in [9.17, 15) is 0 Å². The topological polar surface area (TPSA) is 30.7 Å². The standard InChI is InChI=1S/C12H14BrN3S/c1-3-10-12(13)11(16(2)15-10)8-17-9-4-6-14-7-5-9/h4-7H,3,8H2,1-2H3. The number of aryl methyl sites for hydroxylation is 2. The highest BCUT2D eigenvalue weighted by molar-refractivity contribution is 9.10. The van der Waals surface area contributed by atoms with Crippen LogP contribution in [0.5, 0.6) is 0 Å². The first-order chi connectivity index (χ1) is 8.22. The van der Waals surface area contributed by atoms with Crippen LogP contribution in [-0.4, -0.2) is 14.8 Å². The number of hydrogen-bond donors (Lipinski definition) is 0. The Balaban J connectivity index is 2.12. The molecule has 90 valence electrons. The first-order valence-electron chi connectivity index (χ1n) is 5.45. The average Bonchev–Trinajstić information content (AvgIpc) is 2.63. The minimum Gasteiger partial charge on any atom is -0.270 e. The monoisotopic (exact) mass is 311 g/mol. The van der Waals surface area contributed by atoms with Gasteiger partial charge < -0.3 is 0 Å². The lowest BCUT2D eigenvalue weighted by atomic mass is 10.3. The van der Waals surface area contributed by atoms with Gasteiger partial charge in [-0.2, -0.15) is 5.10 Å². The van der Waals surface area contributed by atoms with Gasteiger partial charge in [0.25, 0.3) is 0 Å². The van der Waals surface area contributed by atoms with Gasteiger partial charge in [-0.1, -0.05) is 6.92 Å². The van der Waals surface area contributed by atoms with E-state index in [-0.39, 0.29) is 0 Å². The summed E-state index contributed by atoms with van der Waals surface area (Å²) in [4.78, 5) is 5.24. The maximum atomic E-state index is 4.49. The lowest BCUT2D eigenvalue weighted by Gasteiger charge is -2.02. The average molecular weight is 312 g/mol. The molecule has 0 aliphatic carbocycles. The zero-order valence-corrected chi connectivity index (χ0v) is 12.3. The maximum absolute atomic E-state index is 4.49. The molecule has 3 nitrogen and oxygen atoms in total. The van der Waals surface area contributed by atoms with Crippen molar-refractivity contribution in [3.05, 3.63) is 40.4 Å². The Morgan fingerprint density at radius 3 is 2.65 bits per heavy atom. The van der Waals surface area contributed by atoms with Crippen LogP contribution < -0.4 is 0 Å². The molecule has 0 fully saturated rings. The highest BCUT2D eigenvalue weighted by Crippen LogP contribution is 2.28. The number of aromatic nitrogens is 3. The van der Waals surface area contributed by atoms with E-state index in [2.05, 4.69) is 32.9 Å². The number of pyridine rings is 1. The van der Waals surface area contributed by atoms with Crippen LogP contribution >= 0.6 is 27.7 Å². The molecule has 0 bridgehead atoms. The third-order valence-corrected chi connectivity index (χ3v) is 4.47. The van der Waals surface area contributed by atoms with Crippen molar-refractivity contribution in [3.8, 4) is 0 Å². The first kappa shape index (κ1) is 12.6. The predicted octanol–water partition coefficient (Wildman–Crippen LogP) is 3.43. The van der Waals surface area contributed by atoms with Crippen LogP contribution in [0.4, 0.5) is 0 Å². The number of hydrogen-bond acceptors (Lipinski definition) is 3. The summed E-state index contributed by atoms with van der Waals surface area (Å²) < 4.78 is 3.10.